The topological polar surface area (TPSA) is 322 Å². The molecule has 4 saturated heterocycles. The van der Waals surface area contributed by atoms with Gasteiger partial charge in [0.15, 0.2) is 26.2 Å². The molecule has 0 aliphatic carbocycles. The molecule has 4 aliphatic rings. The quantitative estimate of drug-likeness (QED) is 0.0726. The zero-order chi connectivity index (χ0) is 63.7. The Morgan fingerprint density at radius 3 is 0.682 bits per heavy atom. The minimum atomic E-state index is -4.02. The van der Waals surface area contributed by atoms with Gasteiger partial charge in [-0.15, -0.1) is 0 Å². The number of benzene rings is 4. The molecular formula is C60H94N8O13S4+4. The summed E-state index contributed by atoms with van der Waals surface area (Å²) in [7, 11) is -7.43. The van der Waals surface area contributed by atoms with E-state index in [-0.39, 0.29) is 27.0 Å². The SMILES string of the molecule is C.C[N+]1(CC#N)CCCC1.C[N+]1(CC#N)CCCCC1.C[N+]1(CC#N)CCCCCC1.C[N+]1(CC#N)CCOCC1.Cc1ccc(S(=O)(=O)O)cc1.Cc1ccc(S(=O)(=O)O)cc1.Cc1ccc(S(=O)(=O)O)cc1.Cc1ccc(S(=O)(=O)O)cc1. The van der Waals surface area contributed by atoms with Crippen LogP contribution in [0.5, 0.6) is 0 Å². The van der Waals surface area contributed by atoms with Gasteiger partial charge in [0.05, 0.1) is 100 Å². The highest BCUT2D eigenvalue weighted by molar-refractivity contribution is 7.86. The molecule has 4 fully saturated rings. The van der Waals surface area contributed by atoms with E-state index in [1.165, 1.54) is 146 Å². The summed E-state index contributed by atoms with van der Waals surface area (Å²) in [6.45, 7) is 20.8. The molecule has 4 N–H and O–H groups in total. The lowest BCUT2D eigenvalue weighted by molar-refractivity contribution is -0.910. The molecule has 8 rings (SSSR count). The fourth-order valence-corrected chi connectivity index (χ4v) is 10.7. The number of morpholine rings is 1. The number of hydrogen-bond donors (Lipinski definition) is 4. The van der Waals surface area contributed by atoms with Crippen molar-refractivity contribution in [1.82, 2.24) is 0 Å². The second kappa shape index (κ2) is 38.4. The van der Waals surface area contributed by atoms with Crippen molar-refractivity contribution in [1.29, 1.82) is 21.0 Å². The van der Waals surface area contributed by atoms with Crippen LogP contribution in [0.2, 0.25) is 0 Å². The largest absolute Gasteiger partial charge is 0.370 e. The molecule has 85 heavy (non-hydrogen) atoms. The summed E-state index contributed by atoms with van der Waals surface area (Å²) in [5.74, 6) is 0. The first kappa shape index (κ1) is 79.3. The number of ether oxygens (including phenoxy) is 1. The zero-order valence-electron chi connectivity index (χ0n) is 50.2. The van der Waals surface area contributed by atoms with E-state index in [1.807, 2.05) is 27.7 Å². The van der Waals surface area contributed by atoms with Gasteiger partial charge >= 0.3 is 0 Å². The molecule has 0 amide bonds. The van der Waals surface area contributed by atoms with Gasteiger partial charge in [0, 0.05) is 12.8 Å². The molecule has 4 aliphatic heterocycles. The molecule has 0 unspecified atom stereocenters. The van der Waals surface area contributed by atoms with Crippen molar-refractivity contribution in [2.45, 2.75) is 112 Å². The third kappa shape index (κ3) is 34.9. The predicted octanol–water partition coefficient (Wildman–Crippen LogP) is 9.01. The minimum Gasteiger partial charge on any atom is -0.370 e. The van der Waals surface area contributed by atoms with E-state index in [2.05, 4.69) is 52.5 Å². The standard InChI is InChI=1S/C9H17N2.C8H15N2.C7H13N2O.C7H13N2.4C7H8O3S.CH4/c1-11(9-6-10)7-4-2-3-5-8-11;1-10(8-5-9)6-3-2-4-7-10;1-9(3-2-8)4-6-10-7-5-9;1-9(7-4-8)5-2-3-6-9;4*1-6-2-4-7(5-3-6)11(8,9)10;/h2-5,7-9H2,1H3;2-4,6-8H2,1H3;3-7H2,1H3;2-3,5-7H2,1H3;4*2-5H,1H3,(H,8,9,10);1H4/q4*+1;;;;;. The monoisotopic (exact) mass is 1260 g/mol. The van der Waals surface area contributed by atoms with Gasteiger partial charge in [0.25, 0.3) is 40.5 Å². The lowest BCUT2D eigenvalue weighted by atomic mass is 10.1. The van der Waals surface area contributed by atoms with Crippen LogP contribution in [-0.4, -0.2) is 190 Å². The Labute approximate surface area is 509 Å². The highest BCUT2D eigenvalue weighted by Crippen LogP contribution is 2.18. The van der Waals surface area contributed by atoms with Gasteiger partial charge in [-0.25, -0.2) is 0 Å². The van der Waals surface area contributed by atoms with Gasteiger partial charge in [-0.1, -0.05) is 78.2 Å². The maximum atomic E-state index is 10.5. The molecule has 0 radical (unpaired) electrons. The van der Waals surface area contributed by atoms with Crippen LogP contribution in [0.25, 0.3) is 0 Å². The Balaban J connectivity index is 0.000000948. The van der Waals surface area contributed by atoms with Crippen LogP contribution in [-0.2, 0) is 45.2 Å². The first-order valence-electron chi connectivity index (χ1n) is 27.6. The second-order valence-corrected chi connectivity index (χ2v) is 28.2. The molecule has 25 heteroatoms. The van der Waals surface area contributed by atoms with Crippen LogP contribution in [0.15, 0.2) is 117 Å². The number of rotatable bonds is 8. The number of hydrogen-bond acceptors (Lipinski definition) is 13. The number of quaternary nitrogens is 4. The Kier molecular flexibility index (Phi) is 35.9. The van der Waals surface area contributed by atoms with Crippen molar-refractivity contribution in [3.63, 3.8) is 0 Å². The Hall–Kier alpha value is -5.72. The first-order valence-corrected chi connectivity index (χ1v) is 33.4. The van der Waals surface area contributed by atoms with Crippen LogP contribution in [0.4, 0.5) is 0 Å². The number of piperidine rings is 1. The third-order valence-electron chi connectivity index (χ3n) is 14.3. The van der Waals surface area contributed by atoms with E-state index in [0.717, 1.165) is 66.5 Å². The van der Waals surface area contributed by atoms with Crippen molar-refractivity contribution in [2.75, 3.05) is 120 Å². The third-order valence-corrected chi connectivity index (χ3v) is 17.8. The summed E-state index contributed by atoms with van der Waals surface area (Å²) in [5, 5.41) is 34.0. The predicted molar refractivity (Wildman–Crippen MR) is 329 cm³/mol. The van der Waals surface area contributed by atoms with E-state index < -0.39 is 40.5 Å². The fourth-order valence-electron chi connectivity index (χ4n) is 8.77. The van der Waals surface area contributed by atoms with Gasteiger partial charge in [-0.05, 0) is 121 Å². The zero-order valence-corrected chi connectivity index (χ0v) is 53.4. The van der Waals surface area contributed by atoms with E-state index in [0.29, 0.717) is 26.2 Å². The van der Waals surface area contributed by atoms with E-state index in [9.17, 15) is 33.7 Å². The number of nitrogens with zero attached hydrogens (tertiary/aromatic N) is 8. The van der Waals surface area contributed by atoms with Gasteiger partial charge in [-0.3, -0.25) is 18.2 Å². The molecule has 0 bridgehead atoms. The molecule has 0 saturated carbocycles. The van der Waals surface area contributed by atoms with Crippen LogP contribution in [0.1, 0.15) is 87.5 Å². The normalized spacial score (nSPS) is 17.0. The molecule has 472 valence electrons. The maximum Gasteiger partial charge on any atom is 0.294 e. The molecule has 21 nitrogen and oxygen atoms in total. The lowest BCUT2D eigenvalue weighted by Crippen LogP contribution is -2.51. The number of nitriles is 4. The smallest absolute Gasteiger partial charge is 0.294 e. The average Bonchev–Trinajstić information content (AvgIpc) is 3.86. The highest BCUT2D eigenvalue weighted by atomic mass is 32.2. The van der Waals surface area contributed by atoms with E-state index >= 15 is 0 Å². The summed E-state index contributed by atoms with van der Waals surface area (Å²) in [4.78, 5) is -0.266. The summed E-state index contributed by atoms with van der Waals surface area (Å²) in [6, 6.07) is 32.9. The Morgan fingerprint density at radius 2 is 0.506 bits per heavy atom. The van der Waals surface area contributed by atoms with E-state index in [1.54, 1.807) is 48.5 Å². The van der Waals surface area contributed by atoms with E-state index in [4.69, 9.17) is 44.0 Å². The highest BCUT2D eigenvalue weighted by Gasteiger charge is 2.27. The Morgan fingerprint density at radius 1 is 0.341 bits per heavy atom. The second-order valence-electron chi connectivity index (χ2n) is 22.5. The van der Waals surface area contributed by atoms with Gasteiger partial charge in [0.2, 0.25) is 0 Å². The van der Waals surface area contributed by atoms with Crippen LogP contribution < -0.4 is 0 Å². The summed E-state index contributed by atoms with van der Waals surface area (Å²) >= 11 is 0. The first-order chi connectivity index (χ1) is 39.1. The van der Waals surface area contributed by atoms with Crippen LogP contribution in [0.3, 0.4) is 0 Å². The van der Waals surface area contributed by atoms with Crippen molar-refractivity contribution >= 4 is 40.5 Å². The number of likely N-dealkylation sites (tertiary alicyclic amines) is 3. The molecule has 4 aromatic rings. The minimum absolute atomic E-state index is 0. The lowest BCUT2D eigenvalue weighted by Gasteiger charge is -2.35. The van der Waals surface area contributed by atoms with Crippen molar-refractivity contribution in [3.8, 4) is 24.3 Å². The summed E-state index contributed by atoms with van der Waals surface area (Å²) in [6.07, 6.45) is 11.9. The molecule has 0 aromatic heterocycles. The van der Waals surface area contributed by atoms with Gasteiger partial charge < -0.3 is 22.7 Å². The van der Waals surface area contributed by atoms with Crippen molar-refractivity contribution in [3.05, 3.63) is 119 Å². The Bertz CT molecular complexity index is 2880. The molecular weight excluding hydrogens is 1170 g/mol. The molecule has 0 atom stereocenters. The summed E-state index contributed by atoms with van der Waals surface area (Å²) in [5.41, 5.74) is 3.82. The van der Waals surface area contributed by atoms with Crippen LogP contribution >= 0.6 is 0 Å². The fraction of sp³-hybridized carbons (Fsp3) is 0.533. The van der Waals surface area contributed by atoms with Crippen molar-refractivity contribution < 1.29 is 74.6 Å². The summed E-state index contributed by atoms with van der Waals surface area (Å²) < 4.78 is 127. The van der Waals surface area contributed by atoms with Gasteiger partial charge in [0.1, 0.15) is 37.4 Å². The average molecular weight is 1260 g/mol. The van der Waals surface area contributed by atoms with Crippen molar-refractivity contribution in [2.24, 2.45) is 0 Å². The number of aryl methyl sites for hydroxylation is 4. The van der Waals surface area contributed by atoms with Crippen LogP contribution in [0, 0.1) is 73.0 Å². The van der Waals surface area contributed by atoms with Gasteiger partial charge in [-0.2, -0.15) is 54.7 Å². The molecule has 4 aromatic carbocycles. The number of likely N-dealkylation sites (N-methyl/N-ethyl adjacent to an activating group) is 1. The molecule has 0 spiro atoms. The molecule has 4 heterocycles. The maximum absolute atomic E-state index is 10.5.